The van der Waals surface area contributed by atoms with Crippen LogP contribution in [-0.2, 0) is 29.7 Å². The van der Waals surface area contributed by atoms with E-state index in [1.54, 1.807) is 38.2 Å². The smallest absolute Gasteiger partial charge is 0.259 e. The Hall–Kier alpha value is -5.23. The summed E-state index contributed by atoms with van der Waals surface area (Å²) in [5, 5.41) is 3.70. The van der Waals surface area contributed by atoms with Crippen molar-refractivity contribution in [2.75, 3.05) is 45.3 Å². The number of rotatable bonds is 7. The van der Waals surface area contributed by atoms with Gasteiger partial charge in [0.2, 0.25) is 11.8 Å². The second-order valence-electron chi connectivity index (χ2n) is 13.8. The second-order valence-corrected chi connectivity index (χ2v) is 13.8. The highest BCUT2D eigenvalue weighted by Gasteiger charge is 2.46. The van der Waals surface area contributed by atoms with Gasteiger partial charge in [0.05, 0.1) is 31.6 Å². The zero-order chi connectivity index (χ0) is 34.0. The van der Waals surface area contributed by atoms with E-state index in [2.05, 4.69) is 26.2 Å². The Morgan fingerprint density at radius 3 is 2.35 bits per heavy atom. The zero-order valence-electron chi connectivity index (χ0n) is 27.8. The molecule has 8 rings (SSSR count). The fourth-order valence-electron chi connectivity index (χ4n) is 8.06. The Kier molecular flexibility index (Phi) is 7.43. The summed E-state index contributed by atoms with van der Waals surface area (Å²) in [7, 11) is 5.10. The SMILES string of the molecule is COc1cc(-c2cn(C)c(=O)c3cnccc23)cc(OC)c1CN1CCC2(CC1)CN(c1ccc3c(c1)C(=O)N(C1CC(=O)NC1=O)C3)C2. The average Bonchev–Trinajstić information content (AvgIpc) is 3.61. The van der Waals surface area contributed by atoms with Crippen LogP contribution in [0, 0.1) is 5.41 Å². The lowest BCUT2D eigenvalue weighted by Gasteiger charge is -2.55. The van der Waals surface area contributed by atoms with Gasteiger partial charge in [-0.2, -0.15) is 0 Å². The largest absolute Gasteiger partial charge is 0.496 e. The van der Waals surface area contributed by atoms with Crippen molar-refractivity contribution < 1.29 is 23.9 Å². The minimum absolute atomic E-state index is 0.0222. The highest BCUT2D eigenvalue weighted by Crippen LogP contribution is 2.45. The van der Waals surface area contributed by atoms with Crippen molar-refractivity contribution in [3.05, 3.63) is 82.0 Å². The van der Waals surface area contributed by atoms with Gasteiger partial charge in [0.15, 0.2) is 0 Å². The van der Waals surface area contributed by atoms with E-state index in [-0.39, 0.29) is 29.2 Å². The van der Waals surface area contributed by atoms with E-state index < -0.39 is 11.9 Å². The van der Waals surface area contributed by atoms with E-state index in [0.29, 0.717) is 24.0 Å². The first-order valence-electron chi connectivity index (χ1n) is 16.6. The highest BCUT2D eigenvalue weighted by atomic mass is 16.5. The standard InChI is InChI=1S/C37H38N6O6/c1-40-18-28(25-6-9-38-16-27(25)35(40)46)23-12-31(48-2)29(32(13-23)49-3)19-41-10-7-37(8-11-41)20-42(21-37)24-5-4-22-17-43(36(47)26(22)14-24)30-15-33(44)39-34(30)45/h4-6,9,12-14,16,18,30H,7-8,10-11,15,17,19-21H2,1-3H3,(H,39,44,45). The lowest BCUT2D eigenvalue weighted by molar-refractivity contribution is -0.126. The maximum atomic E-state index is 13.2. The fraction of sp³-hybridized carbons (Fsp3) is 0.378. The lowest BCUT2D eigenvalue weighted by atomic mass is 9.71. The number of likely N-dealkylation sites (tertiary alicyclic amines) is 1. The van der Waals surface area contributed by atoms with E-state index >= 15 is 0 Å². The number of piperidine rings is 1. The second kappa shape index (κ2) is 11.7. The van der Waals surface area contributed by atoms with Crippen LogP contribution in [-0.4, -0.2) is 83.5 Å². The van der Waals surface area contributed by atoms with Crippen molar-refractivity contribution in [3.63, 3.8) is 0 Å². The molecule has 1 unspecified atom stereocenters. The lowest BCUT2D eigenvalue weighted by Crippen LogP contribution is -2.60. The van der Waals surface area contributed by atoms with Crippen molar-refractivity contribution in [3.8, 4) is 22.6 Å². The molecule has 12 heteroatoms. The predicted octanol–water partition coefficient (Wildman–Crippen LogP) is 3.09. The molecule has 12 nitrogen and oxygen atoms in total. The molecule has 1 N–H and O–H groups in total. The Labute approximate surface area is 283 Å². The quantitative estimate of drug-likeness (QED) is 0.297. The Balaban J connectivity index is 0.938. The van der Waals surface area contributed by atoms with Crippen molar-refractivity contribution in [2.24, 2.45) is 12.5 Å². The number of carbonyl (C=O) groups is 3. The zero-order valence-corrected chi connectivity index (χ0v) is 27.8. The molecule has 49 heavy (non-hydrogen) atoms. The maximum Gasteiger partial charge on any atom is 0.259 e. The number of amides is 3. The average molecular weight is 663 g/mol. The number of anilines is 1. The van der Waals surface area contributed by atoms with Gasteiger partial charge in [-0.3, -0.25) is 34.4 Å². The summed E-state index contributed by atoms with van der Waals surface area (Å²) >= 11 is 0. The number of carbonyl (C=O) groups excluding carboxylic acids is 3. The van der Waals surface area contributed by atoms with Gasteiger partial charge in [-0.05, 0) is 72.8 Å². The van der Waals surface area contributed by atoms with Gasteiger partial charge in [0.25, 0.3) is 11.5 Å². The monoisotopic (exact) mass is 662 g/mol. The van der Waals surface area contributed by atoms with Crippen LogP contribution >= 0.6 is 0 Å². The summed E-state index contributed by atoms with van der Waals surface area (Å²) in [6.45, 7) is 4.79. The number of imide groups is 1. The number of benzene rings is 2. The summed E-state index contributed by atoms with van der Waals surface area (Å²) in [5.74, 6) is 0.562. The van der Waals surface area contributed by atoms with Gasteiger partial charge in [-0.25, -0.2) is 0 Å². The van der Waals surface area contributed by atoms with E-state index in [0.717, 1.165) is 83.8 Å². The van der Waals surface area contributed by atoms with Crippen LogP contribution < -0.4 is 25.2 Å². The van der Waals surface area contributed by atoms with Gasteiger partial charge < -0.3 is 23.8 Å². The molecule has 4 aliphatic rings. The number of aromatic nitrogens is 2. The minimum atomic E-state index is -0.732. The molecule has 2 aromatic carbocycles. The molecule has 0 saturated carbocycles. The Morgan fingerprint density at radius 2 is 1.67 bits per heavy atom. The molecule has 1 spiro atoms. The van der Waals surface area contributed by atoms with Crippen LogP contribution in [0.1, 0.15) is 40.7 Å². The summed E-state index contributed by atoms with van der Waals surface area (Å²) < 4.78 is 13.4. The van der Waals surface area contributed by atoms with E-state index in [9.17, 15) is 19.2 Å². The number of fused-ring (bicyclic) bond motifs is 2. The van der Waals surface area contributed by atoms with Crippen LogP contribution in [0.4, 0.5) is 5.69 Å². The molecule has 1 atom stereocenters. The molecular formula is C37H38N6O6. The molecule has 4 aliphatic heterocycles. The summed E-state index contributed by atoms with van der Waals surface area (Å²) in [4.78, 5) is 60.4. The molecule has 6 heterocycles. The molecule has 4 aromatic rings. The van der Waals surface area contributed by atoms with Crippen molar-refractivity contribution in [1.29, 1.82) is 0 Å². The van der Waals surface area contributed by atoms with Crippen LogP contribution in [0.2, 0.25) is 0 Å². The Morgan fingerprint density at radius 1 is 0.939 bits per heavy atom. The molecule has 3 saturated heterocycles. The number of methoxy groups -OCH3 is 2. The van der Waals surface area contributed by atoms with Crippen molar-refractivity contribution in [1.82, 2.24) is 24.7 Å². The summed E-state index contributed by atoms with van der Waals surface area (Å²) in [6, 6.07) is 11.2. The number of hydrogen-bond acceptors (Lipinski definition) is 9. The summed E-state index contributed by atoms with van der Waals surface area (Å²) in [6.07, 6.45) is 7.30. The van der Waals surface area contributed by atoms with E-state index in [1.165, 1.54) is 4.90 Å². The third kappa shape index (κ3) is 5.21. The number of ether oxygens (including phenoxy) is 2. The third-order valence-corrected chi connectivity index (χ3v) is 10.9. The Bertz CT molecular complexity index is 2070. The molecule has 3 fully saturated rings. The van der Waals surface area contributed by atoms with Crippen LogP contribution in [0.25, 0.3) is 21.9 Å². The third-order valence-electron chi connectivity index (χ3n) is 10.9. The molecule has 252 valence electrons. The molecule has 0 aliphatic carbocycles. The van der Waals surface area contributed by atoms with Crippen LogP contribution in [0.5, 0.6) is 11.5 Å². The van der Waals surface area contributed by atoms with Gasteiger partial charge >= 0.3 is 0 Å². The van der Waals surface area contributed by atoms with Crippen molar-refractivity contribution in [2.45, 2.75) is 38.4 Å². The first-order valence-corrected chi connectivity index (χ1v) is 16.6. The first-order chi connectivity index (χ1) is 23.7. The molecule has 2 aromatic heterocycles. The van der Waals surface area contributed by atoms with Gasteiger partial charge in [-0.1, -0.05) is 6.07 Å². The molecule has 0 radical (unpaired) electrons. The number of nitrogens with zero attached hydrogens (tertiary/aromatic N) is 5. The molecule has 3 amide bonds. The number of pyridine rings is 2. The van der Waals surface area contributed by atoms with Gasteiger partial charge in [0, 0.05) is 74.0 Å². The van der Waals surface area contributed by atoms with Crippen LogP contribution in [0.3, 0.4) is 0 Å². The predicted molar refractivity (Wildman–Crippen MR) is 183 cm³/mol. The van der Waals surface area contributed by atoms with Gasteiger partial charge in [0.1, 0.15) is 17.5 Å². The number of aryl methyl sites for hydroxylation is 1. The van der Waals surface area contributed by atoms with Gasteiger partial charge in [-0.15, -0.1) is 0 Å². The summed E-state index contributed by atoms with van der Waals surface area (Å²) in [5.41, 5.74) is 5.46. The van der Waals surface area contributed by atoms with E-state index in [4.69, 9.17) is 9.47 Å². The number of nitrogens with one attached hydrogen (secondary N) is 1. The molecule has 0 bridgehead atoms. The number of hydrogen-bond donors (Lipinski definition) is 1. The molecular weight excluding hydrogens is 624 g/mol. The normalized spacial score (nSPS) is 20.1. The fourth-order valence-corrected chi connectivity index (χ4v) is 8.06. The topological polar surface area (TPSA) is 126 Å². The van der Waals surface area contributed by atoms with Crippen molar-refractivity contribution >= 4 is 34.2 Å². The minimum Gasteiger partial charge on any atom is -0.496 e. The maximum absolute atomic E-state index is 13.2. The first kappa shape index (κ1) is 31.1. The highest BCUT2D eigenvalue weighted by molar-refractivity contribution is 6.09. The van der Waals surface area contributed by atoms with Crippen LogP contribution in [0.15, 0.2) is 59.8 Å². The van der Waals surface area contributed by atoms with E-state index in [1.807, 2.05) is 36.5 Å².